The predicted octanol–water partition coefficient (Wildman–Crippen LogP) is 0.903. The molecule has 1 fully saturated rings. The highest BCUT2D eigenvalue weighted by atomic mass is 16.5. The second-order valence-corrected chi connectivity index (χ2v) is 4.05. The molecule has 2 unspecified atom stereocenters. The lowest BCUT2D eigenvalue weighted by molar-refractivity contribution is 0.0323. The van der Waals surface area contributed by atoms with E-state index in [1.807, 2.05) is 0 Å². The average molecular weight is 187 g/mol. The number of hydrogen-bond acceptors (Lipinski definition) is 3. The maximum atomic E-state index is 9.30. The zero-order chi connectivity index (χ0) is 9.73. The fraction of sp³-hybridized carbons (Fsp3) is 1.00. The molecule has 0 bridgehead atoms. The number of nitrogens with two attached hydrogens (primary N) is 1. The number of ether oxygens (including phenoxy) is 1. The van der Waals surface area contributed by atoms with E-state index in [2.05, 4.69) is 6.92 Å². The first-order valence-electron chi connectivity index (χ1n) is 5.19. The zero-order valence-corrected chi connectivity index (χ0v) is 8.46. The SMILES string of the molecule is CCC(CN)(CO)CC1CCCO1. The lowest BCUT2D eigenvalue weighted by Gasteiger charge is -2.31. The summed E-state index contributed by atoms with van der Waals surface area (Å²) in [5, 5.41) is 9.30. The molecular formula is C10H21NO2. The highest BCUT2D eigenvalue weighted by Crippen LogP contribution is 2.30. The lowest BCUT2D eigenvalue weighted by atomic mass is 9.80. The van der Waals surface area contributed by atoms with Gasteiger partial charge in [-0.1, -0.05) is 6.92 Å². The summed E-state index contributed by atoms with van der Waals surface area (Å²) >= 11 is 0. The topological polar surface area (TPSA) is 55.5 Å². The van der Waals surface area contributed by atoms with Crippen LogP contribution in [-0.4, -0.2) is 31.0 Å². The van der Waals surface area contributed by atoms with E-state index in [9.17, 15) is 5.11 Å². The maximum Gasteiger partial charge on any atom is 0.0582 e. The van der Waals surface area contributed by atoms with Crippen molar-refractivity contribution in [2.24, 2.45) is 11.1 Å². The van der Waals surface area contributed by atoms with Crippen molar-refractivity contribution in [3.8, 4) is 0 Å². The molecule has 0 aromatic rings. The molecule has 0 amide bonds. The van der Waals surface area contributed by atoms with Gasteiger partial charge in [-0.15, -0.1) is 0 Å². The minimum atomic E-state index is -0.102. The van der Waals surface area contributed by atoms with Crippen LogP contribution in [0.15, 0.2) is 0 Å². The fourth-order valence-corrected chi connectivity index (χ4v) is 1.90. The van der Waals surface area contributed by atoms with E-state index in [1.165, 1.54) is 0 Å². The molecular weight excluding hydrogens is 166 g/mol. The Hall–Kier alpha value is -0.120. The van der Waals surface area contributed by atoms with Crippen LogP contribution in [0.25, 0.3) is 0 Å². The van der Waals surface area contributed by atoms with Gasteiger partial charge in [0, 0.05) is 25.2 Å². The monoisotopic (exact) mass is 187 g/mol. The van der Waals surface area contributed by atoms with Gasteiger partial charge in [0.2, 0.25) is 0 Å². The molecule has 13 heavy (non-hydrogen) atoms. The quantitative estimate of drug-likeness (QED) is 0.672. The van der Waals surface area contributed by atoms with Crippen LogP contribution in [0.1, 0.15) is 32.6 Å². The number of hydrogen-bond donors (Lipinski definition) is 2. The van der Waals surface area contributed by atoms with Gasteiger partial charge in [0.25, 0.3) is 0 Å². The summed E-state index contributed by atoms with van der Waals surface area (Å²) < 4.78 is 5.55. The molecule has 3 nitrogen and oxygen atoms in total. The van der Waals surface area contributed by atoms with Crippen LogP contribution in [0.5, 0.6) is 0 Å². The Labute approximate surface area is 80.3 Å². The molecule has 1 rings (SSSR count). The van der Waals surface area contributed by atoms with E-state index in [0.29, 0.717) is 12.6 Å². The van der Waals surface area contributed by atoms with E-state index < -0.39 is 0 Å². The highest BCUT2D eigenvalue weighted by Gasteiger charge is 2.31. The van der Waals surface area contributed by atoms with E-state index in [-0.39, 0.29) is 12.0 Å². The third-order valence-electron chi connectivity index (χ3n) is 3.20. The van der Waals surface area contributed by atoms with Gasteiger partial charge >= 0.3 is 0 Å². The summed E-state index contributed by atoms with van der Waals surface area (Å²) in [6.45, 7) is 3.69. The Kier molecular flexibility index (Phi) is 4.16. The molecule has 1 heterocycles. The smallest absolute Gasteiger partial charge is 0.0582 e. The van der Waals surface area contributed by atoms with Gasteiger partial charge in [0.15, 0.2) is 0 Å². The number of rotatable bonds is 5. The summed E-state index contributed by atoms with van der Waals surface area (Å²) in [6.07, 6.45) is 4.45. The molecule has 78 valence electrons. The number of aliphatic hydroxyl groups excluding tert-OH is 1. The summed E-state index contributed by atoms with van der Waals surface area (Å²) in [7, 11) is 0. The first-order chi connectivity index (χ1) is 6.26. The molecule has 3 N–H and O–H groups in total. The third-order valence-corrected chi connectivity index (χ3v) is 3.20. The molecule has 0 saturated carbocycles. The molecule has 1 aliphatic heterocycles. The summed E-state index contributed by atoms with van der Waals surface area (Å²) in [4.78, 5) is 0. The Morgan fingerprint density at radius 3 is 2.77 bits per heavy atom. The van der Waals surface area contributed by atoms with Crippen LogP contribution in [0, 0.1) is 5.41 Å². The summed E-state index contributed by atoms with van der Waals surface area (Å²) in [5.41, 5.74) is 5.59. The van der Waals surface area contributed by atoms with Crippen LogP contribution in [0.4, 0.5) is 0 Å². The van der Waals surface area contributed by atoms with Gasteiger partial charge in [-0.2, -0.15) is 0 Å². The van der Waals surface area contributed by atoms with E-state index in [0.717, 1.165) is 32.3 Å². The fourth-order valence-electron chi connectivity index (χ4n) is 1.90. The maximum absolute atomic E-state index is 9.30. The van der Waals surface area contributed by atoms with Crippen LogP contribution < -0.4 is 5.73 Å². The van der Waals surface area contributed by atoms with Gasteiger partial charge in [-0.25, -0.2) is 0 Å². The number of aliphatic hydroxyl groups is 1. The van der Waals surface area contributed by atoms with Crippen molar-refractivity contribution in [1.82, 2.24) is 0 Å². The minimum Gasteiger partial charge on any atom is -0.396 e. The van der Waals surface area contributed by atoms with Crippen LogP contribution in [0.2, 0.25) is 0 Å². The zero-order valence-electron chi connectivity index (χ0n) is 8.46. The predicted molar refractivity (Wildman–Crippen MR) is 52.5 cm³/mol. The Balaban J connectivity index is 2.44. The van der Waals surface area contributed by atoms with Gasteiger partial charge in [0.1, 0.15) is 0 Å². The van der Waals surface area contributed by atoms with Crippen molar-refractivity contribution >= 4 is 0 Å². The largest absolute Gasteiger partial charge is 0.396 e. The van der Waals surface area contributed by atoms with E-state index in [4.69, 9.17) is 10.5 Å². The van der Waals surface area contributed by atoms with Crippen molar-refractivity contribution in [3.05, 3.63) is 0 Å². The van der Waals surface area contributed by atoms with Crippen molar-refractivity contribution < 1.29 is 9.84 Å². The second kappa shape index (κ2) is 4.94. The second-order valence-electron chi connectivity index (χ2n) is 4.05. The molecule has 3 heteroatoms. The van der Waals surface area contributed by atoms with Gasteiger partial charge in [0.05, 0.1) is 6.10 Å². The third kappa shape index (κ3) is 2.66. The lowest BCUT2D eigenvalue weighted by Crippen LogP contribution is -2.37. The van der Waals surface area contributed by atoms with Gasteiger partial charge < -0.3 is 15.6 Å². The molecule has 2 atom stereocenters. The molecule has 0 spiro atoms. The van der Waals surface area contributed by atoms with Crippen molar-refractivity contribution in [2.75, 3.05) is 19.8 Å². The van der Waals surface area contributed by atoms with E-state index >= 15 is 0 Å². The first-order valence-corrected chi connectivity index (χ1v) is 5.19. The Morgan fingerprint density at radius 2 is 2.38 bits per heavy atom. The molecule has 0 aromatic carbocycles. The standard InChI is InChI=1S/C10H21NO2/c1-2-10(7-11,8-12)6-9-4-3-5-13-9/h9,12H,2-8,11H2,1H3. The Bertz CT molecular complexity index is 132. The average Bonchev–Trinajstić information content (AvgIpc) is 2.67. The van der Waals surface area contributed by atoms with Crippen molar-refractivity contribution in [3.63, 3.8) is 0 Å². The molecule has 1 saturated heterocycles. The van der Waals surface area contributed by atoms with Crippen LogP contribution in [0.3, 0.4) is 0 Å². The highest BCUT2D eigenvalue weighted by molar-refractivity contribution is 4.83. The van der Waals surface area contributed by atoms with Gasteiger partial charge in [-0.05, 0) is 25.7 Å². The van der Waals surface area contributed by atoms with Crippen LogP contribution in [-0.2, 0) is 4.74 Å². The summed E-state index contributed by atoms with van der Waals surface area (Å²) in [5.74, 6) is 0. The Morgan fingerprint density at radius 1 is 1.62 bits per heavy atom. The molecule has 0 aliphatic carbocycles. The summed E-state index contributed by atoms with van der Waals surface area (Å²) in [6, 6.07) is 0. The van der Waals surface area contributed by atoms with Gasteiger partial charge in [-0.3, -0.25) is 0 Å². The molecule has 0 aromatic heterocycles. The minimum absolute atomic E-state index is 0.102. The van der Waals surface area contributed by atoms with E-state index in [1.54, 1.807) is 0 Å². The molecule has 0 radical (unpaired) electrons. The van der Waals surface area contributed by atoms with Crippen molar-refractivity contribution in [2.45, 2.75) is 38.7 Å². The molecule has 1 aliphatic rings. The first kappa shape index (κ1) is 11.0. The normalized spacial score (nSPS) is 27.5. The van der Waals surface area contributed by atoms with Crippen molar-refractivity contribution in [1.29, 1.82) is 0 Å². The van der Waals surface area contributed by atoms with Crippen LogP contribution >= 0.6 is 0 Å².